The molecule has 1 aliphatic rings. The summed E-state index contributed by atoms with van der Waals surface area (Å²) in [5.74, 6) is 0.750. The lowest BCUT2D eigenvalue weighted by Crippen LogP contribution is -2.41. The highest BCUT2D eigenvalue weighted by Crippen LogP contribution is 2.37. The van der Waals surface area contributed by atoms with Gasteiger partial charge >= 0.3 is 0 Å². The van der Waals surface area contributed by atoms with Crippen molar-refractivity contribution >= 4 is 35.0 Å². The zero-order valence-electron chi connectivity index (χ0n) is 16.2. The lowest BCUT2D eigenvalue weighted by Gasteiger charge is -2.33. The quantitative estimate of drug-likeness (QED) is 0.629. The van der Waals surface area contributed by atoms with Gasteiger partial charge < -0.3 is 10.7 Å². The van der Waals surface area contributed by atoms with Crippen LogP contribution < -0.4 is 10.7 Å². The van der Waals surface area contributed by atoms with Gasteiger partial charge in [0, 0.05) is 17.1 Å². The number of aryl methyl sites for hydroxylation is 2. The van der Waals surface area contributed by atoms with Gasteiger partial charge in [-0.15, -0.1) is 10.2 Å². The first-order valence-electron chi connectivity index (χ1n) is 9.61. The van der Waals surface area contributed by atoms with E-state index in [1.54, 1.807) is 0 Å². The highest BCUT2D eigenvalue weighted by Gasteiger charge is 2.37. The minimum absolute atomic E-state index is 0.0843. The van der Waals surface area contributed by atoms with E-state index in [9.17, 15) is 4.79 Å². The second-order valence-corrected chi connectivity index (χ2v) is 8.37. The summed E-state index contributed by atoms with van der Waals surface area (Å²) in [6.07, 6.45) is 1.71. The van der Waals surface area contributed by atoms with Crippen molar-refractivity contribution in [3.8, 4) is 0 Å². The monoisotopic (exact) mass is 427 g/mol. The molecule has 150 valence electrons. The number of thioether (sulfide) groups is 1. The number of carbonyl (C=O) groups is 1. The zero-order chi connectivity index (χ0) is 20.4. The number of halogens is 1. The molecule has 2 N–H and O–H groups in total. The van der Waals surface area contributed by atoms with Crippen molar-refractivity contribution in [1.82, 2.24) is 14.9 Å². The minimum Gasteiger partial charge on any atom is -0.325 e. The summed E-state index contributed by atoms with van der Waals surface area (Å²) in [6, 6.07) is 15.2. The molecule has 8 heteroatoms. The van der Waals surface area contributed by atoms with Crippen LogP contribution in [-0.2, 0) is 17.6 Å². The maximum atomic E-state index is 13.2. The Labute approximate surface area is 179 Å². The Hall–Kier alpha value is -2.51. The standard InChI is InChI=1S/C21H22ClN5OS/c1-3-13-5-11-16(12-6-13)23-20(28)19-18(14-7-9-15(22)10-8-14)26-27-17(4-2)24-25-21(27)29-19/h5-12,18-19,26H,3-4H2,1-2H3,(H,23,28)/t18-,19-/m1/s1. The highest BCUT2D eigenvalue weighted by molar-refractivity contribution is 8.00. The SMILES string of the molecule is CCc1ccc(NC(=O)[C@@H]2Sc3nnc(CC)n3N[C@@H]2c2ccc(Cl)cc2)cc1. The van der Waals surface area contributed by atoms with Gasteiger partial charge in [-0.3, -0.25) is 4.79 Å². The van der Waals surface area contributed by atoms with Crippen LogP contribution in [0.5, 0.6) is 0 Å². The van der Waals surface area contributed by atoms with Crippen LogP contribution >= 0.6 is 23.4 Å². The van der Waals surface area contributed by atoms with Crippen molar-refractivity contribution in [3.63, 3.8) is 0 Å². The van der Waals surface area contributed by atoms with E-state index in [4.69, 9.17) is 11.6 Å². The molecule has 1 aliphatic heterocycles. The number of anilines is 1. The summed E-state index contributed by atoms with van der Waals surface area (Å²) in [4.78, 5) is 13.2. The van der Waals surface area contributed by atoms with E-state index < -0.39 is 5.25 Å². The average molecular weight is 428 g/mol. The Kier molecular flexibility index (Phi) is 5.78. The summed E-state index contributed by atoms with van der Waals surface area (Å²) in [6.45, 7) is 4.13. The maximum Gasteiger partial charge on any atom is 0.240 e. The molecule has 0 radical (unpaired) electrons. The fourth-order valence-corrected chi connectivity index (χ4v) is 4.51. The van der Waals surface area contributed by atoms with E-state index in [0.29, 0.717) is 10.2 Å². The van der Waals surface area contributed by atoms with Crippen molar-refractivity contribution in [2.75, 3.05) is 10.7 Å². The second-order valence-electron chi connectivity index (χ2n) is 6.82. The zero-order valence-corrected chi connectivity index (χ0v) is 17.8. The number of hydrogen-bond acceptors (Lipinski definition) is 5. The predicted molar refractivity (Wildman–Crippen MR) is 117 cm³/mol. The lowest BCUT2D eigenvalue weighted by atomic mass is 10.0. The number of hydrogen-bond donors (Lipinski definition) is 2. The molecule has 0 aliphatic carbocycles. The molecular formula is C21H22ClN5OS. The smallest absolute Gasteiger partial charge is 0.240 e. The largest absolute Gasteiger partial charge is 0.325 e. The third-order valence-electron chi connectivity index (χ3n) is 4.94. The third-order valence-corrected chi connectivity index (χ3v) is 6.40. The summed E-state index contributed by atoms with van der Waals surface area (Å²) in [5.41, 5.74) is 6.42. The lowest BCUT2D eigenvalue weighted by molar-refractivity contribution is -0.116. The first-order chi connectivity index (χ1) is 14.1. The average Bonchev–Trinajstić information content (AvgIpc) is 3.16. The Morgan fingerprint density at radius 3 is 2.48 bits per heavy atom. The predicted octanol–water partition coefficient (Wildman–Crippen LogP) is 4.45. The van der Waals surface area contributed by atoms with Gasteiger partial charge in [0.2, 0.25) is 11.1 Å². The summed E-state index contributed by atoms with van der Waals surface area (Å²) < 4.78 is 1.88. The molecular weight excluding hydrogens is 406 g/mol. The molecule has 1 aromatic heterocycles. The first-order valence-corrected chi connectivity index (χ1v) is 10.9. The van der Waals surface area contributed by atoms with E-state index in [2.05, 4.69) is 27.9 Å². The van der Waals surface area contributed by atoms with Gasteiger partial charge in [0.1, 0.15) is 5.25 Å². The molecule has 3 aromatic rings. The molecule has 29 heavy (non-hydrogen) atoms. The Bertz CT molecular complexity index is 1000. The fraction of sp³-hybridized carbons (Fsp3) is 0.286. The van der Waals surface area contributed by atoms with E-state index in [1.165, 1.54) is 17.3 Å². The molecule has 1 amide bonds. The van der Waals surface area contributed by atoms with Crippen LogP contribution in [0.25, 0.3) is 0 Å². The van der Waals surface area contributed by atoms with Crippen molar-refractivity contribution in [2.45, 2.75) is 43.1 Å². The highest BCUT2D eigenvalue weighted by atomic mass is 35.5. The first kappa shape index (κ1) is 19.8. The summed E-state index contributed by atoms with van der Waals surface area (Å²) >= 11 is 7.48. The molecule has 2 aromatic carbocycles. The molecule has 0 saturated carbocycles. The molecule has 2 heterocycles. The molecule has 0 saturated heterocycles. The van der Waals surface area contributed by atoms with Crippen LogP contribution in [0, 0.1) is 0 Å². The van der Waals surface area contributed by atoms with Gasteiger partial charge in [-0.25, -0.2) is 4.68 Å². The molecule has 6 nitrogen and oxygen atoms in total. The van der Waals surface area contributed by atoms with E-state index in [1.807, 2.05) is 60.1 Å². The Morgan fingerprint density at radius 1 is 1.10 bits per heavy atom. The van der Waals surface area contributed by atoms with Crippen molar-refractivity contribution < 1.29 is 4.79 Å². The van der Waals surface area contributed by atoms with Gasteiger partial charge in [0.15, 0.2) is 5.82 Å². The van der Waals surface area contributed by atoms with Crippen molar-refractivity contribution in [1.29, 1.82) is 0 Å². The number of carbonyl (C=O) groups excluding carboxylic acids is 1. The second kappa shape index (κ2) is 8.47. The number of benzene rings is 2. The Balaban J connectivity index is 1.63. The van der Waals surface area contributed by atoms with E-state index >= 15 is 0 Å². The van der Waals surface area contributed by atoms with Crippen LogP contribution in [0.1, 0.15) is 36.8 Å². The third kappa shape index (κ3) is 4.11. The molecule has 4 rings (SSSR count). The van der Waals surface area contributed by atoms with Gasteiger partial charge in [-0.2, -0.15) is 0 Å². The molecule has 0 spiro atoms. The number of nitrogens with zero attached hydrogens (tertiary/aromatic N) is 3. The number of nitrogens with one attached hydrogen (secondary N) is 2. The topological polar surface area (TPSA) is 71.8 Å². The molecule has 2 atom stereocenters. The number of rotatable bonds is 5. The number of fused-ring (bicyclic) bond motifs is 1. The van der Waals surface area contributed by atoms with Crippen LogP contribution in [-0.4, -0.2) is 26.0 Å². The van der Waals surface area contributed by atoms with Gasteiger partial charge in [-0.05, 0) is 41.8 Å². The van der Waals surface area contributed by atoms with Gasteiger partial charge in [-0.1, -0.05) is 61.5 Å². The maximum absolute atomic E-state index is 13.2. The van der Waals surface area contributed by atoms with Crippen LogP contribution in [0.3, 0.4) is 0 Å². The van der Waals surface area contributed by atoms with Gasteiger partial charge in [0.05, 0.1) is 6.04 Å². The summed E-state index contributed by atoms with van der Waals surface area (Å²) in [7, 11) is 0. The Morgan fingerprint density at radius 2 is 1.83 bits per heavy atom. The van der Waals surface area contributed by atoms with E-state index in [-0.39, 0.29) is 11.9 Å². The summed E-state index contributed by atoms with van der Waals surface area (Å²) in [5, 5.41) is 12.5. The van der Waals surface area contributed by atoms with Crippen molar-refractivity contribution in [3.05, 3.63) is 70.5 Å². The normalized spacial score (nSPS) is 18.0. The van der Waals surface area contributed by atoms with Crippen LogP contribution in [0.2, 0.25) is 5.02 Å². The molecule has 0 bridgehead atoms. The van der Waals surface area contributed by atoms with Crippen LogP contribution in [0.4, 0.5) is 5.69 Å². The number of amides is 1. The molecule has 0 unspecified atom stereocenters. The van der Waals surface area contributed by atoms with Gasteiger partial charge in [0.25, 0.3) is 0 Å². The van der Waals surface area contributed by atoms with Crippen molar-refractivity contribution in [2.24, 2.45) is 0 Å². The van der Waals surface area contributed by atoms with E-state index in [0.717, 1.165) is 29.9 Å². The molecule has 0 fully saturated rings. The van der Waals surface area contributed by atoms with Crippen LogP contribution in [0.15, 0.2) is 53.7 Å². The number of aromatic nitrogens is 3. The fourth-order valence-electron chi connectivity index (χ4n) is 3.29. The minimum atomic E-state index is -0.413.